The number of hydrogen-bond donors (Lipinski definition) is 1. The summed E-state index contributed by atoms with van der Waals surface area (Å²) in [6.45, 7) is -1.02. The Hall–Kier alpha value is -0.990. The first-order chi connectivity index (χ1) is 6.95. The summed E-state index contributed by atoms with van der Waals surface area (Å²) in [4.78, 5) is 10.4. The molecule has 0 rings (SSSR count). The van der Waals surface area contributed by atoms with E-state index < -0.39 is 37.0 Å². The summed E-state index contributed by atoms with van der Waals surface area (Å²) in [6, 6.07) is 0. The maximum absolute atomic E-state index is 12.0. The molecular weight excluding hydrogens is 246 g/mol. The molecule has 0 aromatic carbocycles. The Balaban J connectivity index is 4.92. The van der Waals surface area contributed by atoms with E-state index in [0.29, 0.717) is 0 Å². The number of halogens is 6. The molecule has 96 valence electrons. The van der Waals surface area contributed by atoms with E-state index in [9.17, 15) is 31.1 Å². The highest BCUT2D eigenvalue weighted by molar-refractivity contribution is 5.68. The Morgan fingerprint density at radius 2 is 1.50 bits per heavy atom. The van der Waals surface area contributed by atoms with Gasteiger partial charge in [0.15, 0.2) is 0 Å². The molecule has 0 bridgehead atoms. The predicted octanol–water partition coefficient (Wildman–Crippen LogP) is 1.80. The number of carbonyl (C=O) groups is 1. The Labute approximate surface area is 86.0 Å². The smallest absolute Gasteiger partial charge is 0.429 e. The van der Waals surface area contributed by atoms with Crippen molar-refractivity contribution in [3.05, 3.63) is 0 Å². The minimum atomic E-state index is -5.97. The van der Waals surface area contributed by atoms with Crippen molar-refractivity contribution in [2.75, 3.05) is 6.61 Å². The first kappa shape index (κ1) is 15.0. The predicted molar refractivity (Wildman–Crippen MR) is 38.3 cm³/mol. The molecule has 0 amide bonds. The highest BCUT2D eigenvalue weighted by Gasteiger charge is 2.71. The van der Waals surface area contributed by atoms with Crippen molar-refractivity contribution in [3.63, 3.8) is 0 Å². The van der Waals surface area contributed by atoms with Crippen LogP contribution < -0.4 is 0 Å². The van der Waals surface area contributed by atoms with Crippen LogP contribution in [-0.4, -0.2) is 35.6 Å². The molecule has 0 radical (unpaired) electrons. The first-order valence-electron chi connectivity index (χ1n) is 3.97. The molecule has 0 aliphatic rings. The number of rotatable bonds is 3. The molecule has 0 spiro atoms. The summed E-state index contributed by atoms with van der Waals surface area (Å²) in [6.07, 6.45) is -12.3. The standard InChI is InChI=1S/C7H8F6O3/c1-2-4(14)16-3-5(15,6(8,9)10)7(11,12)13/h15H,2-3H2,1H3. The van der Waals surface area contributed by atoms with Gasteiger partial charge in [-0.05, 0) is 0 Å². The third kappa shape index (κ3) is 3.00. The average Bonchev–Trinajstić information content (AvgIpc) is 2.09. The van der Waals surface area contributed by atoms with Crippen molar-refractivity contribution in [3.8, 4) is 0 Å². The molecule has 0 aliphatic heterocycles. The third-order valence-electron chi connectivity index (χ3n) is 1.67. The zero-order valence-electron chi connectivity index (χ0n) is 7.95. The number of aliphatic hydroxyl groups is 1. The van der Waals surface area contributed by atoms with Crippen molar-refractivity contribution in [2.45, 2.75) is 31.3 Å². The summed E-state index contributed by atoms with van der Waals surface area (Å²) < 4.78 is 75.6. The van der Waals surface area contributed by atoms with Gasteiger partial charge in [0, 0.05) is 6.42 Å². The van der Waals surface area contributed by atoms with E-state index in [4.69, 9.17) is 5.11 Å². The Morgan fingerprint density at radius 3 is 1.75 bits per heavy atom. The van der Waals surface area contributed by atoms with E-state index in [1.165, 1.54) is 6.92 Å². The van der Waals surface area contributed by atoms with Crippen LogP contribution in [0.1, 0.15) is 13.3 Å². The largest absolute Gasteiger partial charge is 0.462 e. The molecule has 16 heavy (non-hydrogen) atoms. The summed E-state index contributed by atoms with van der Waals surface area (Å²) in [5, 5.41) is 8.50. The zero-order chi connectivity index (χ0) is 13.2. The van der Waals surface area contributed by atoms with Crippen LogP contribution in [0.3, 0.4) is 0 Å². The minimum absolute atomic E-state index is 0.397. The summed E-state index contributed by atoms with van der Waals surface area (Å²) in [7, 11) is 0. The van der Waals surface area contributed by atoms with E-state index in [1.54, 1.807) is 0 Å². The van der Waals surface area contributed by atoms with Crippen LogP contribution in [0.15, 0.2) is 0 Å². The van der Waals surface area contributed by atoms with Crippen LogP contribution in [0, 0.1) is 0 Å². The van der Waals surface area contributed by atoms with E-state index in [0.717, 1.165) is 0 Å². The molecule has 0 saturated carbocycles. The van der Waals surface area contributed by atoms with Crippen LogP contribution in [0.2, 0.25) is 0 Å². The average molecular weight is 254 g/mol. The van der Waals surface area contributed by atoms with Gasteiger partial charge in [0.2, 0.25) is 0 Å². The summed E-state index contributed by atoms with van der Waals surface area (Å²) in [5.74, 6) is -1.27. The van der Waals surface area contributed by atoms with Crippen LogP contribution >= 0.6 is 0 Å². The molecule has 9 heteroatoms. The van der Waals surface area contributed by atoms with E-state index in [-0.39, 0.29) is 0 Å². The maximum Gasteiger partial charge on any atom is 0.429 e. The van der Waals surface area contributed by atoms with Crippen LogP contribution in [0.5, 0.6) is 0 Å². The van der Waals surface area contributed by atoms with E-state index in [1.807, 2.05) is 0 Å². The van der Waals surface area contributed by atoms with Gasteiger partial charge in [0.05, 0.1) is 0 Å². The van der Waals surface area contributed by atoms with Crippen LogP contribution in [-0.2, 0) is 9.53 Å². The maximum atomic E-state index is 12.0. The fraction of sp³-hybridized carbons (Fsp3) is 0.857. The number of esters is 1. The zero-order valence-corrected chi connectivity index (χ0v) is 7.95. The van der Waals surface area contributed by atoms with Gasteiger partial charge in [-0.1, -0.05) is 6.92 Å². The van der Waals surface area contributed by atoms with Gasteiger partial charge in [-0.2, -0.15) is 26.3 Å². The fourth-order valence-electron chi connectivity index (χ4n) is 0.611. The summed E-state index contributed by atoms with van der Waals surface area (Å²) >= 11 is 0. The number of alkyl halides is 6. The van der Waals surface area contributed by atoms with Crippen LogP contribution in [0.4, 0.5) is 26.3 Å². The van der Waals surface area contributed by atoms with Crippen molar-refractivity contribution >= 4 is 5.97 Å². The Kier molecular flexibility index (Phi) is 4.20. The number of carbonyl (C=O) groups excluding carboxylic acids is 1. The SMILES string of the molecule is CCC(=O)OCC(O)(C(F)(F)F)C(F)(F)F. The normalized spacial score (nSPS) is 13.8. The van der Waals surface area contributed by atoms with Crippen molar-refractivity contribution < 1.29 is 41.0 Å². The second kappa shape index (κ2) is 4.48. The van der Waals surface area contributed by atoms with Gasteiger partial charge in [-0.25, -0.2) is 0 Å². The molecule has 0 unspecified atom stereocenters. The fourth-order valence-corrected chi connectivity index (χ4v) is 0.611. The monoisotopic (exact) mass is 254 g/mol. The molecule has 0 fully saturated rings. The van der Waals surface area contributed by atoms with Gasteiger partial charge in [0.1, 0.15) is 6.61 Å². The second-order valence-electron chi connectivity index (χ2n) is 2.87. The molecule has 0 saturated heterocycles. The molecule has 0 aromatic rings. The Bertz CT molecular complexity index is 242. The Morgan fingerprint density at radius 1 is 1.12 bits per heavy atom. The number of ether oxygens (including phenoxy) is 1. The van der Waals surface area contributed by atoms with Gasteiger partial charge >= 0.3 is 18.3 Å². The van der Waals surface area contributed by atoms with Crippen LogP contribution in [0.25, 0.3) is 0 Å². The highest BCUT2D eigenvalue weighted by Crippen LogP contribution is 2.43. The minimum Gasteiger partial charge on any atom is -0.462 e. The topological polar surface area (TPSA) is 46.5 Å². The highest BCUT2D eigenvalue weighted by atomic mass is 19.4. The molecular formula is C7H8F6O3. The molecule has 0 atom stereocenters. The van der Waals surface area contributed by atoms with Crippen molar-refractivity contribution in [2.24, 2.45) is 0 Å². The van der Waals surface area contributed by atoms with Crippen molar-refractivity contribution in [1.29, 1.82) is 0 Å². The molecule has 0 aliphatic carbocycles. The lowest BCUT2D eigenvalue weighted by Crippen LogP contribution is -2.60. The first-order valence-corrected chi connectivity index (χ1v) is 3.97. The van der Waals surface area contributed by atoms with Gasteiger partial charge in [-0.3, -0.25) is 4.79 Å². The number of hydrogen-bond acceptors (Lipinski definition) is 3. The van der Waals surface area contributed by atoms with E-state index >= 15 is 0 Å². The quantitative estimate of drug-likeness (QED) is 0.617. The third-order valence-corrected chi connectivity index (χ3v) is 1.67. The molecule has 1 N–H and O–H groups in total. The molecule has 0 aromatic heterocycles. The molecule has 3 nitrogen and oxygen atoms in total. The lowest BCUT2D eigenvalue weighted by atomic mass is 10.0. The van der Waals surface area contributed by atoms with Gasteiger partial charge in [-0.15, -0.1) is 0 Å². The summed E-state index contributed by atoms with van der Waals surface area (Å²) in [5.41, 5.74) is -5.04. The second-order valence-corrected chi connectivity index (χ2v) is 2.87. The van der Waals surface area contributed by atoms with E-state index in [2.05, 4.69) is 4.74 Å². The van der Waals surface area contributed by atoms with Gasteiger partial charge < -0.3 is 9.84 Å². The lowest BCUT2D eigenvalue weighted by Gasteiger charge is -2.31. The molecule has 0 heterocycles. The lowest BCUT2D eigenvalue weighted by molar-refractivity contribution is -0.375. The van der Waals surface area contributed by atoms with Gasteiger partial charge in [0.25, 0.3) is 5.60 Å². The van der Waals surface area contributed by atoms with Crippen molar-refractivity contribution in [1.82, 2.24) is 0 Å².